The average Bonchev–Trinajstić information content (AvgIpc) is 2.74. The Hall–Kier alpha value is -3.60. The van der Waals surface area contributed by atoms with Gasteiger partial charge < -0.3 is 5.32 Å². The number of carbonyl (C=O) groups excluding carboxylic acids is 1. The fourth-order valence-electron chi connectivity index (χ4n) is 4.03. The zero-order chi connectivity index (χ0) is 20.7. The summed E-state index contributed by atoms with van der Waals surface area (Å²) in [6.45, 7) is 1.83. The molecule has 1 aliphatic carbocycles. The standard InChI is InChI=1S/C25H20FN3O/c1-15-25(28-22-11-8-19-14-20(26)9-10-21(19)24(22)27-15)29-23(30)13-16-6-7-17-4-2-3-5-18(17)12-16/h2-7,9-10,12,14H,8,11,13H2,1H3,(H,28,29,30). The molecule has 0 spiro atoms. The highest BCUT2D eigenvalue weighted by molar-refractivity contribution is 5.93. The summed E-state index contributed by atoms with van der Waals surface area (Å²) in [5, 5.41) is 5.18. The Balaban J connectivity index is 1.38. The Morgan fingerprint density at radius 2 is 1.83 bits per heavy atom. The number of nitrogens with zero attached hydrogens (tertiary/aromatic N) is 2. The highest BCUT2D eigenvalue weighted by atomic mass is 19.1. The average molecular weight is 397 g/mol. The van der Waals surface area contributed by atoms with E-state index in [1.165, 1.54) is 6.07 Å². The molecular formula is C25H20FN3O. The lowest BCUT2D eigenvalue weighted by atomic mass is 9.91. The molecule has 0 radical (unpaired) electrons. The van der Waals surface area contributed by atoms with Gasteiger partial charge in [0.15, 0.2) is 5.82 Å². The molecule has 1 amide bonds. The van der Waals surface area contributed by atoms with Crippen LogP contribution in [0, 0.1) is 12.7 Å². The van der Waals surface area contributed by atoms with Crippen LogP contribution in [-0.2, 0) is 24.1 Å². The van der Waals surface area contributed by atoms with Crippen molar-refractivity contribution in [3.05, 3.63) is 89.0 Å². The first kappa shape index (κ1) is 18.4. The number of hydrogen-bond acceptors (Lipinski definition) is 3. The van der Waals surface area contributed by atoms with Gasteiger partial charge in [-0.15, -0.1) is 0 Å². The molecular weight excluding hydrogens is 377 g/mol. The maximum absolute atomic E-state index is 13.5. The van der Waals surface area contributed by atoms with E-state index in [-0.39, 0.29) is 18.1 Å². The lowest BCUT2D eigenvalue weighted by Crippen LogP contribution is -2.19. The smallest absolute Gasteiger partial charge is 0.229 e. The van der Waals surface area contributed by atoms with E-state index in [1.54, 1.807) is 12.1 Å². The van der Waals surface area contributed by atoms with Gasteiger partial charge in [0.25, 0.3) is 0 Å². The molecule has 3 aromatic carbocycles. The van der Waals surface area contributed by atoms with Gasteiger partial charge in [-0.3, -0.25) is 4.79 Å². The van der Waals surface area contributed by atoms with Crippen LogP contribution in [0.5, 0.6) is 0 Å². The SMILES string of the molecule is Cc1nc2c(nc1NC(=O)Cc1ccc3ccccc3c1)CCc1cc(F)ccc1-2. The summed E-state index contributed by atoms with van der Waals surface area (Å²) in [7, 11) is 0. The lowest BCUT2D eigenvalue weighted by molar-refractivity contribution is -0.115. The third-order valence-corrected chi connectivity index (χ3v) is 5.53. The van der Waals surface area contributed by atoms with Crippen LogP contribution in [-0.4, -0.2) is 15.9 Å². The Bertz CT molecular complexity index is 1300. The number of aromatic nitrogens is 2. The minimum absolute atomic E-state index is 0.124. The van der Waals surface area contributed by atoms with E-state index in [2.05, 4.69) is 21.4 Å². The van der Waals surface area contributed by atoms with E-state index < -0.39 is 0 Å². The number of nitrogens with one attached hydrogen (secondary N) is 1. The summed E-state index contributed by atoms with van der Waals surface area (Å²) >= 11 is 0. The maximum Gasteiger partial charge on any atom is 0.229 e. The van der Waals surface area contributed by atoms with Crippen molar-refractivity contribution >= 4 is 22.5 Å². The molecule has 0 aliphatic heterocycles. The van der Waals surface area contributed by atoms with Crippen LogP contribution in [0.25, 0.3) is 22.0 Å². The topological polar surface area (TPSA) is 54.9 Å². The first-order chi connectivity index (χ1) is 14.6. The summed E-state index contributed by atoms with van der Waals surface area (Å²) in [6, 6.07) is 18.9. The molecule has 0 unspecified atom stereocenters. The number of hydrogen-bond donors (Lipinski definition) is 1. The predicted molar refractivity (Wildman–Crippen MR) is 116 cm³/mol. The van der Waals surface area contributed by atoms with Crippen molar-refractivity contribution in [2.75, 3.05) is 5.32 Å². The van der Waals surface area contributed by atoms with Crippen molar-refractivity contribution in [1.82, 2.24) is 9.97 Å². The molecule has 5 rings (SSSR count). The monoisotopic (exact) mass is 397 g/mol. The largest absolute Gasteiger partial charge is 0.309 e. The molecule has 4 aromatic rings. The van der Waals surface area contributed by atoms with E-state index in [4.69, 9.17) is 0 Å². The number of amides is 1. The summed E-state index contributed by atoms with van der Waals surface area (Å²) in [4.78, 5) is 22.0. The van der Waals surface area contributed by atoms with Gasteiger partial charge in [-0.2, -0.15) is 0 Å². The van der Waals surface area contributed by atoms with Gasteiger partial charge >= 0.3 is 0 Å². The molecule has 0 saturated heterocycles. The van der Waals surface area contributed by atoms with Crippen molar-refractivity contribution in [1.29, 1.82) is 0 Å². The van der Waals surface area contributed by atoms with Crippen molar-refractivity contribution in [2.24, 2.45) is 0 Å². The second-order valence-corrected chi connectivity index (χ2v) is 7.66. The molecule has 0 fully saturated rings. The van der Waals surface area contributed by atoms with E-state index >= 15 is 0 Å². The van der Waals surface area contributed by atoms with Gasteiger partial charge in [0, 0.05) is 5.56 Å². The number of fused-ring (bicyclic) bond motifs is 4. The molecule has 148 valence electrons. The van der Waals surface area contributed by atoms with Crippen LogP contribution in [0.4, 0.5) is 10.2 Å². The Labute approximate surface area is 173 Å². The van der Waals surface area contributed by atoms with Gasteiger partial charge in [0.2, 0.25) is 5.91 Å². The first-order valence-corrected chi connectivity index (χ1v) is 10.0. The molecule has 0 saturated carbocycles. The molecule has 1 N–H and O–H groups in total. The van der Waals surface area contributed by atoms with Crippen LogP contribution >= 0.6 is 0 Å². The molecule has 5 heteroatoms. The Morgan fingerprint density at radius 3 is 2.70 bits per heavy atom. The summed E-state index contributed by atoms with van der Waals surface area (Å²) < 4.78 is 13.5. The number of carbonyl (C=O) groups is 1. The van der Waals surface area contributed by atoms with Crippen LogP contribution in [0.3, 0.4) is 0 Å². The second-order valence-electron chi connectivity index (χ2n) is 7.66. The molecule has 0 atom stereocenters. The summed E-state index contributed by atoms with van der Waals surface area (Å²) in [5.41, 5.74) is 5.08. The number of halogens is 1. The van der Waals surface area contributed by atoms with E-state index in [0.717, 1.165) is 38.9 Å². The van der Waals surface area contributed by atoms with Crippen molar-refractivity contribution < 1.29 is 9.18 Å². The summed E-state index contributed by atoms with van der Waals surface area (Å²) in [6.07, 6.45) is 1.65. The number of aryl methyl sites for hydroxylation is 3. The van der Waals surface area contributed by atoms with Gasteiger partial charge in [-0.05, 0) is 59.9 Å². The first-order valence-electron chi connectivity index (χ1n) is 10.0. The third kappa shape index (κ3) is 3.43. The molecule has 1 aromatic heterocycles. The third-order valence-electron chi connectivity index (χ3n) is 5.53. The van der Waals surface area contributed by atoms with Crippen LogP contribution < -0.4 is 5.32 Å². The molecule has 1 aliphatic rings. The molecule has 4 nitrogen and oxygen atoms in total. The Morgan fingerprint density at radius 1 is 1.00 bits per heavy atom. The minimum atomic E-state index is -0.237. The van der Waals surface area contributed by atoms with Gasteiger partial charge in [0.05, 0.1) is 23.5 Å². The fraction of sp³-hybridized carbons (Fsp3) is 0.160. The quantitative estimate of drug-likeness (QED) is 0.528. The zero-order valence-electron chi connectivity index (χ0n) is 16.6. The molecule has 0 bridgehead atoms. The van der Waals surface area contributed by atoms with E-state index in [0.29, 0.717) is 24.4 Å². The number of anilines is 1. The van der Waals surface area contributed by atoms with Gasteiger partial charge in [0.1, 0.15) is 5.82 Å². The van der Waals surface area contributed by atoms with Crippen LogP contribution in [0.1, 0.15) is 22.5 Å². The van der Waals surface area contributed by atoms with E-state index in [1.807, 2.05) is 43.3 Å². The fourth-order valence-corrected chi connectivity index (χ4v) is 4.03. The Kier molecular flexibility index (Phi) is 4.51. The van der Waals surface area contributed by atoms with Crippen LogP contribution in [0.2, 0.25) is 0 Å². The normalized spacial score (nSPS) is 12.3. The summed E-state index contributed by atoms with van der Waals surface area (Å²) in [5.74, 6) is 0.130. The lowest BCUT2D eigenvalue weighted by Gasteiger charge is -2.20. The van der Waals surface area contributed by atoms with Crippen molar-refractivity contribution in [2.45, 2.75) is 26.2 Å². The van der Waals surface area contributed by atoms with Crippen LogP contribution in [0.15, 0.2) is 60.7 Å². The minimum Gasteiger partial charge on any atom is -0.309 e. The predicted octanol–water partition coefficient (Wildman–Crippen LogP) is 5.02. The van der Waals surface area contributed by atoms with Gasteiger partial charge in [-0.25, -0.2) is 14.4 Å². The maximum atomic E-state index is 13.5. The zero-order valence-corrected chi connectivity index (χ0v) is 16.6. The second kappa shape index (κ2) is 7.34. The van der Waals surface area contributed by atoms with Crippen molar-refractivity contribution in [3.8, 4) is 11.3 Å². The molecule has 1 heterocycles. The highest BCUT2D eigenvalue weighted by Crippen LogP contribution is 2.33. The number of benzene rings is 3. The number of rotatable bonds is 3. The molecule has 30 heavy (non-hydrogen) atoms. The highest BCUT2D eigenvalue weighted by Gasteiger charge is 2.21. The van der Waals surface area contributed by atoms with Gasteiger partial charge in [-0.1, -0.05) is 42.5 Å². The van der Waals surface area contributed by atoms with Crippen molar-refractivity contribution in [3.63, 3.8) is 0 Å². The van der Waals surface area contributed by atoms with E-state index in [9.17, 15) is 9.18 Å².